The molecule has 1 saturated carbocycles. The van der Waals surface area contributed by atoms with Gasteiger partial charge in [0.05, 0.1) is 6.61 Å². The van der Waals surface area contributed by atoms with E-state index in [-0.39, 0.29) is 0 Å². The largest absolute Gasteiger partial charge is 0.379 e. The Hall–Kier alpha value is -1.82. The number of rotatable bonds is 10. The summed E-state index contributed by atoms with van der Waals surface area (Å²) >= 11 is 0. The molecule has 0 saturated heterocycles. The highest BCUT2D eigenvalue weighted by atomic mass is 16.5. The molecular weight excluding hydrogens is 314 g/mol. The van der Waals surface area contributed by atoms with E-state index in [0.717, 1.165) is 56.1 Å². The van der Waals surface area contributed by atoms with E-state index in [2.05, 4.69) is 51.1 Å². The number of pyridine rings is 1. The van der Waals surface area contributed by atoms with Gasteiger partial charge < -0.3 is 19.9 Å². The highest BCUT2D eigenvalue weighted by Crippen LogP contribution is 2.28. The second-order valence-corrected chi connectivity index (χ2v) is 6.54. The first kappa shape index (κ1) is 19.5. The van der Waals surface area contributed by atoms with Crippen LogP contribution in [0.2, 0.25) is 0 Å². The van der Waals surface area contributed by atoms with Gasteiger partial charge in [-0.15, -0.1) is 0 Å². The summed E-state index contributed by atoms with van der Waals surface area (Å²) in [5.41, 5.74) is 1.15. The van der Waals surface area contributed by atoms with Crippen LogP contribution in [-0.4, -0.2) is 62.8 Å². The number of aromatic nitrogens is 1. The standard InChI is InChI=1S/C19H33N5O/c1-5-24(6-2)18-10-9-17(13-21-18)14-22-19(20-3)23(4)11-12-25-15-16-7-8-16/h9-10,13,16H,5-8,11-12,14-15H2,1-4H3,(H,20,22). The maximum atomic E-state index is 5.70. The number of ether oxygens (including phenoxy) is 1. The Bertz CT molecular complexity index is 523. The molecule has 1 N–H and O–H groups in total. The summed E-state index contributed by atoms with van der Waals surface area (Å²) < 4.78 is 5.70. The van der Waals surface area contributed by atoms with Gasteiger partial charge >= 0.3 is 0 Å². The van der Waals surface area contributed by atoms with E-state index >= 15 is 0 Å². The molecule has 1 aromatic heterocycles. The molecule has 1 aromatic rings. The lowest BCUT2D eigenvalue weighted by atomic mass is 10.2. The molecule has 0 atom stereocenters. The molecule has 0 aliphatic heterocycles. The smallest absolute Gasteiger partial charge is 0.193 e. The second-order valence-electron chi connectivity index (χ2n) is 6.54. The van der Waals surface area contributed by atoms with Crippen molar-refractivity contribution in [3.8, 4) is 0 Å². The lowest BCUT2D eigenvalue weighted by molar-refractivity contribution is 0.115. The van der Waals surface area contributed by atoms with Gasteiger partial charge in [-0.2, -0.15) is 0 Å². The van der Waals surface area contributed by atoms with Gasteiger partial charge in [-0.1, -0.05) is 6.07 Å². The minimum absolute atomic E-state index is 0.714. The van der Waals surface area contributed by atoms with Crippen LogP contribution in [0.4, 0.5) is 5.82 Å². The number of nitrogens with zero attached hydrogens (tertiary/aromatic N) is 4. The molecule has 0 spiro atoms. The van der Waals surface area contributed by atoms with Gasteiger partial charge in [-0.05, 0) is 44.2 Å². The molecule has 0 aromatic carbocycles. The van der Waals surface area contributed by atoms with E-state index in [9.17, 15) is 0 Å². The Balaban J connectivity index is 1.75. The summed E-state index contributed by atoms with van der Waals surface area (Å²) in [7, 11) is 3.85. The fourth-order valence-corrected chi connectivity index (χ4v) is 2.66. The van der Waals surface area contributed by atoms with Gasteiger partial charge in [0.1, 0.15) is 5.82 Å². The molecule has 1 heterocycles. The van der Waals surface area contributed by atoms with Crippen LogP contribution in [0.3, 0.4) is 0 Å². The molecule has 25 heavy (non-hydrogen) atoms. The molecule has 0 amide bonds. The number of hydrogen-bond donors (Lipinski definition) is 1. The Kier molecular flexibility index (Phi) is 7.98. The number of guanidine groups is 1. The summed E-state index contributed by atoms with van der Waals surface area (Å²) in [5, 5.41) is 3.39. The van der Waals surface area contributed by atoms with Crippen molar-refractivity contribution < 1.29 is 4.74 Å². The fraction of sp³-hybridized carbons (Fsp3) is 0.684. The molecule has 2 rings (SSSR count). The third-order valence-electron chi connectivity index (χ3n) is 4.54. The number of aliphatic imine (C=N–C) groups is 1. The zero-order chi connectivity index (χ0) is 18.1. The van der Waals surface area contributed by atoms with E-state index in [1.54, 1.807) is 0 Å². The van der Waals surface area contributed by atoms with Crippen molar-refractivity contribution in [2.45, 2.75) is 33.2 Å². The minimum atomic E-state index is 0.714. The fourth-order valence-electron chi connectivity index (χ4n) is 2.66. The molecule has 0 radical (unpaired) electrons. The molecule has 6 nitrogen and oxygen atoms in total. The van der Waals surface area contributed by atoms with Gasteiger partial charge in [0.15, 0.2) is 5.96 Å². The van der Waals surface area contributed by atoms with E-state index < -0.39 is 0 Å². The number of likely N-dealkylation sites (N-methyl/N-ethyl adjacent to an activating group) is 1. The highest BCUT2D eigenvalue weighted by molar-refractivity contribution is 5.79. The van der Waals surface area contributed by atoms with Gasteiger partial charge in [0.2, 0.25) is 0 Å². The summed E-state index contributed by atoms with van der Waals surface area (Å²) in [5.74, 6) is 2.72. The first-order chi connectivity index (χ1) is 12.2. The van der Waals surface area contributed by atoms with Crippen molar-refractivity contribution in [2.75, 3.05) is 51.8 Å². The minimum Gasteiger partial charge on any atom is -0.379 e. The molecular formula is C19H33N5O. The Morgan fingerprint density at radius 2 is 2.08 bits per heavy atom. The van der Waals surface area contributed by atoms with Crippen LogP contribution in [-0.2, 0) is 11.3 Å². The van der Waals surface area contributed by atoms with E-state index in [0.29, 0.717) is 6.54 Å². The van der Waals surface area contributed by atoms with Crippen molar-refractivity contribution in [3.63, 3.8) is 0 Å². The van der Waals surface area contributed by atoms with Crippen molar-refractivity contribution in [1.82, 2.24) is 15.2 Å². The molecule has 0 bridgehead atoms. The highest BCUT2D eigenvalue weighted by Gasteiger charge is 2.21. The predicted molar refractivity (Wildman–Crippen MR) is 104 cm³/mol. The average molecular weight is 348 g/mol. The molecule has 1 fully saturated rings. The lowest BCUT2D eigenvalue weighted by Crippen LogP contribution is -2.40. The monoisotopic (exact) mass is 347 g/mol. The summed E-state index contributed by atoms with van der Waals surface area (Å²) in [4.78, 5) is 13.3. The zero-order valence-corrected chi connectivity index (χ0v) is 16.2. The van der Waals surface area contributed by atoms with Crippen molar-refractivity contribution in [2.24, 2.45) is 10.9 Å². The number of nitrogens with one attached hydrogen (secondary N) is 1. The van der Waals surface area contributed by atoms with Crippen LogP contribution < -0.4 is 10.2 Å². The third-order valence-corrected chi connectivity index (χ3v) is 4.54. The first-order valence-electron chi connectivity index (χ1n) is 9.37. The normalized spacial score (nSPS) is 14.5. The summed E-state index contributed by atoms with van der Waals surface area (Å²) in [6.45, 7) is 9.45. The van der Waals surface area contributed by atoms with Gasteiger partial charge in [-0.25, -0.2) is 4.98 Å². The molecule has 1 aliphatic carbocycles. The number of hydrogen-bond acceptors (Lipinski definition) is 4. The van der Waals surface area contributed by atoms with Crippen LogP contribution in [0, 0.1) is 5.92 Å². The van der Waals surface area contributed by atoms with Gasteiger partial charge in [0.25, 0.3) is 0 Å². The molecule has 6 heteroatoms. The quantitative estimate of drug-likeness (QED) is 0.400. The topological polar surface area (TPSA) is 53.0 Å². The number of anilines is 1. The lowest BCUT2D eigenvalue weighted by Gasteiger charge is -2.22. The van der Waals surface area contributed by atoms with Crippen LogP contribution in [0.1, 0.15) is 32.3 Å². The van der Waals surface area contributed by atoms with Gasteiger partial charge in [-0.3, -0.25) is 4.99 Å². The van der Waals surface area contributed by atoms with E-state index in [1.807, 2.05) is 20.3 Å². The van der Waals surface area contributed by atoms with Crippen LogP contribution in [0.15, 0.2) is 23.3 Å². The maximum Gasteiger partial charge on any atom is 0.193 e. The average Bonchev–Trinajstić information content (AvgIpc) is 3.46. The first-order valence-corrected chi connectivity index (χ1v) is 9.37. The van der Waals surface area contributed by atoms with Crippen LogP contribution in [0.25, 0.3) is 0 Å². The van der Waals surface area contributed by atoms with Crippen LogP contribution in [0.5, 0.6) is 0 Å². The third kappa shape index (κ3) is 6.53. The van der Waals surface area contributed by atoms with Crippen molar-refractivity contribution in [3.05, 3.63) is 23.9 Å². The van der Waals surface area contributed by atoms with Crippen molar-refractivity contribution in [1.29, 1.82) is 0 Å². The van der Waals surface area contributed by atoms with E-state index in [4.69, 9.17) is 4.74 Å². The predicted octanol–water partition coefficient (Wildman–Crippen LogP) is 2.36. The Morgan fingerprint density at radius 1 is 1.32 bits per heavy atom. The SMILES string of the molecule is CCN(CC)c1ccc(CNC(=NC)N(C)CCOCC2CC2)cn1. The van der Waals surface area contributed by atoms with Gasteiger partial charge in [0, 0.05) is 53.1 Å². The molecule has 140 valence electrons. The maximum absolute atomic E-state index is 5.70. The summed E-state index contributed by atoms with van der Waals surface area (Å²) in [6, 6.07) is 4.21. The van der Waals surface area contributed by atoms with E-state index in [1.165, 1.54) is 12.8 Å². The zero-order valence-electron chi connectivity index (χ0n) is 16.2. The Morgan fingerprint density at radius 3 is 2.64 bits per heavy atom. The van der Waals surface area contributed by atoms with Crippen molar-refractivity contribution >= 4 is 11.8 Å². The summed E-state index contributed by atoms with van der Waals surface area (Å²) in [6.07, 6.45) is 4.60. The molecule has 0 unspecified atom stereocenters. The van der Waals surface area contributed by atoms with Crippen LogP contribution >= 0.6 is 0 Å². The molecule has 1 aliphatic rings. The second kappa shape index (κ2) is 10.2. The Labute approximate surface area is 152 Å².